The molecule has 0 bridgehead atoms. The Balaban J connectivity index is 2.30. The normalized spacial score (nSPS) is 19.9. The van der Waals surface area contributed by atoms with Gasteiger partial charge >= 0.3 is 0 Å². The molecule has 1 aromatic rings. The Morgan fingerprint density at radius 1 is 1.41 bits per heavy atom. The van der Waals surface area contributed by atoms with Crippen molar-refractivity contribution in [3.8, 4) is 0 Å². The summed E-state index contributed by atoms with van der Waals surface area (Å²) in [6.45, 7) is 10.1. The smallest absolute Gasteiger partial charge is 0.254 e. The van der Waals surface area contributed by atoms with Gasteiger partial charge in [0.2, 0.25) is 0 Å². The van der Waals surface area contributed by atoms with Crippen molar-refractivity contribution in [1.29, 1.82) is 0 Å². The largest absolute Gasteiger partial charge is 0.308 e. The van der Waals surface area contributed by atoms with Crippen LogP contribution in [0.25, 0.3) is 0 Å². The second kappa shape index (κ2) is 4.17. The summed E-state index contributed by atoms with van der Waals surface area (Å²) in [6, 6.07) is 5.89. The molecule has 0 aliphatic carbocycles. The fraction of sp³-hybridized carbons (Fsp3) is 0.214. The summed E-state index contributed by atoms with van der Waals surface area (Å²) in [7, 11) is 0. The fourth-order valence-corrected chi connectivity index (χ4v) is 2.00. The Kier molecular flexibility index (Phi) is 2.84. The minimum absolute atomic E-state index is 0.00690. The first kappa shape index (κ1) is 11.6. The van der Waals surface area contributed by atoms with Gasteiger partial charge < -0.3 is 4.90 Å². The summed E-state index contributed by atoms with van der Waals surface area (Å²) < 4.78 is 12.8. The van der Waals surface area contributed by atoms with E-state index >= 15 is 0 Å². The van der Waals surface area contributed by atoms with E-state index in [0.717, 1.165) is 5.57 Å². The van der Waals surface area contributed by atoms with Crippen LogP contribution in [0.3, 0.4) is 0 Å². The highest BCUT2D eigenvalue weighted by Gasteiger charge is 2.34. The lowest BCUT2D eigenvalue weighted by Crippen LogP contribution is -2.24. The maximum atomic E-state index is 12.8. The molecule has 0 aromatic heterocycles. The second-order valence-corrected chi connectivity index (χ2v) is 4.32. The molecular formula is C14H14FNO. The van der Waals surface area contributed by atoms with E-state index in [1.165, 1.54) is 12.1 Å². The molecule has 0 spiro atoms. The Bertz CT molecular complexity index is 489. The Morgan fingerprint density at radius 2 is 2.00 bits per heavy atom. The summed E-state index contributed by atoms with van der Waals surface area (Å²) >= 11 is 0. The van der Waals surface area contributed by atoms with Crippen LogP contribution in [0.1, 0.15) is 6.92 Å². The van der Waals surface area contributed by atoms with Crippen LogP contribution in [-0.2, 0) is 4.79 Å². The molecule has 0 saturated carbocycles. The number of hydrogen-bond donors (Lipinski definition) is 0. The molecule has 1 aromatic carbocycles. The van der Waals surface area contributed by atoms with E-state index in [9.17, 15) is 9.18 Å². The quantitative estimate of drug-likeness (QED) is 0.566. The third kappa shape index (κ3) is 2.00. The lowest BCUT2D eigenvalue weighted by atomic mass is 9.97. The van der Waals surface area contributed by atoms with Gasteiger partial charge in [0.15, 0.2) is 0 Å². The van der Waals surface area contributed by atoms with Crippen LogP contribution in [0, 0.1) is 11.7 Å². The van der Waals surface area contributed by atoms with Crippen LogP contribution in [0.2, 0.25) is 0 Å². The minimum Gasteiger partial charge on any atom is -0.308 e. The summed E-state index contributed by atoms with van der Waals surface area (Å²) in [5, 5.41) is 0. The van der Waals surface area contributed by atoms with Crippen molar-refractivity contribution in [2.45, 2.75) is 6.92 Å². The molecule has 1 saturated heterocycles. The van der Waals surface area contributed by atoms with Gasteiger partial charge in [0.25, 0.3) is 5.91 Å². The highest BCUT2D eigenvalue weighted by atomic mass is 19.1. The molecule has 1 aliphatic rings. The lowest BCUT2D eigenvalue weighted by Gasteiger charge is -2.16. The summed E-state index contributed by atoms with van der Waals surface area (Å²) in [5.41, 5.74) is 2.18. The van der Waals surface area contributed by atoms with Gasteiger partial charge in [-0.15, -0.1) is 0 Å². The average molecular weight is 231 g/mol. The summed E-state index contributed by atoms with van der Waals surface area (Å²) in [4.78, 5) is 13.6. The number of carbonyl (C=O) groups excluding carboxylic acids is 1. The molecule has 3 heteroatoms. The molecule has 1 unspecified atom stereocenters. The standard InChI is InChI=1S/C14H14FNO/c1-9(2)13-8-16(14(17)10(13)3)12-6-4-11(15)5-7-12/h4-7,13H,1,3,8H2,2H3. The number of carbonyl (C=O) groups is 1. The van der Waals surface area contributed by atoms with Crippen LogP contribution >= 0.6 is 0 Å². The van der Waals surface area contributed by atoms with Crippen molar-refractivity contribution in [3.63, 3.8) is 0 Å². The van der Waals surface area contributed by atoms with E-state index in [0.29, 0.717) is 17.8 Å². The second-order valence-electron chi connectivity index (χ2n) is 4.32. The van der Waals surface area contributed by atoms with Gasteiger partial charge in [-0.25, -0.2) is 4.39 Å². The first-order chi connectivity index (χ1) is 8.00. The number of rotatable bonds is 2. The van der Waals surface area contributed by atoms with Crippen LogP contribution in [-0.4, -0.2) is 12.5 Å². The third-order valence-corrected chi connectivity index (χ3v) is 3.04. The molecule has 0 N–H and O–H groups in total. The maximum Gasteiger partial charge on any atom is 0.254 e. The van der Waals surface area contributed by atoms with Gasteiger partial charge in [0, 0.05) is 23.7 Å². The van der Waals surface area contributed by atoms with E-state index in [2.05, 4.69) is 13.2 Å². The number of amides is 1. The lowest BCUT2D eigenvalue weighted by molar-refractivity contribution is -0.114. The predicted molar refractivity (Wildman–Crippen MR) is 66.2 cm³/mol. The van der Waals surface area contributed by atoms with Crippen molar-refractivity contribution < 1.29 is 9.18 Å². The molecular weight excluding hydrogens is 217 g/mol. The molecule has 17 heavy (non-hydrogen) atoms. The van der Waals surface area contributed by atoms with Gasteiger partial charge in [0.05, 0.1) is 0 Å². The zero-order valence-corrected chi connectivity index (χ0v) is 9.74. The fourth-order valence-electron chi connectivity index (χ4n) is 2.00. The Hall–Kier alpha value is -1.90. The molecule has 2 nitrogen and oxygen atoms in total. The van der Waals surface area contributed by atoms with Crippen LogP contribution in [0.4, 0.5) is 10.1 Å². The highest BCUT2D eigenvalue weighted by molar-refractivity contribution is 6.08. The predicted octanol–water partition coefficient (Wildman–Crippen LogP) is 2.92. The third-order valence-electron chi connectivity index (χ3n) is 3.04. The first-order valence-electron chi connectivity index (χ1n) is 5.42. The van der Waals surface area contributed by atoms with Crippen molar-refractivity contribution in [3.05, 3.63) is 54.4 Å². The Morgan fingerprint density at radius 3 is 2.47 bits per heavy atom. The zero-order chi connectivity index (χ0) is 12.6. The molecule has 2 rings (SSSR count). The van der Waals surface area contributed by atoms with E-state index in [-0.39, 0.29) is 17.6 Å². The van der Waals surface area contributed by atoms with Crippen molar-refractivity contribution in [1.82, 2.24) is 0 Å². The van der Waals surface area contributed by atoms with Crippen LogP contribution in [0.5, 0.6) is 0 Å². The highest BCUT2D eigenvalue weighted by Crippen LogP contribution is 2.31. The summed E-state index contributed by atoms with van der Waals surface area (Å²) in [6.07, 6.45) is 0. The van der Waals surface area contributed by atoms with E-state index in [1.807, 2.05) is 6.92 Å². The molecule has 1 heterocycles. The Labute approximate surface area is 100 Å². The zero-order valence-electron chi connectivity index (χ0n) is 9.74. The van der Waals surface area contributed by atoms with Gasteiger partial charge in [-0.05, 0) is 31.2 Å². The molecule has 0 radical (unpaired) electrons. The maximum absolute atomic E-state index is 12.8. The van der Waals surface area contributed by atoms with Crippen LogP contribution < -0.4 is 4.90 Å². The number of hydrogen-bond acceptors (Lipinski definition) is 1. The molecule has 88 valence electrons. The van der Waals surface area contributed by atoms with Gasteiger partial charge in [0.1, 0.15) is 5.82 Å². The van der Waals surface area contributed by atoms with E-state index < -0.39 is 0 Å². The van der Waals surface area contributed by atoms with E-state index in [1.54, 1.807) is 17.0 Å². The van der Waals surface area contributed by atoms with Gasteiger partial charge in [-0.3, -0.25) is 4.79 Å². The van der Waals surface area contributed by atoms with Crippen molar-refractivity contribution in [2.24, 2.45) is 5.92 Å². The van der Waals surface area contributed by atoms with Crippen molar-refractivity contribution in [2.75, 3.05) is 11.4 Å². The topological polar surface area (TPSA) is 20.3 Å². The number of halogens is 1. The summed E-state index contributed by atoms with van der Waals surface area (Å²) in [5.74, 6) is -0.423. The van der Waals surface area contributed by atoms with Gasteiger partial charge in [-0.2, -0.15) is 0 Å². The van der Waals surface area contributed by atoms with Crippen LogP contribution in [0.15, 0.2) is 48.6 Å². The van der Waals surface area contributed by atoms with Gasteiger partial charge in [-0.1, -0.05) is 18.7 Å². The van der Waals surface area contributed by atoms with Crippen molar-refractivity contribution >= 4 is 11.6 Å². The number of anilines is 1. The molecule has 1 aliphatic heterocycles. The molecule has 1 fully saturated rings. The minimum atomic E-state index is -0.310. The van der Waals surface area contributed by atoms with E-state index in [4.69, 9.17) is 0 Å². The SMILES string of the molecule is C=C(C)C1CN(c2ccc(F)cc2)C(=O)C1=C. The average Bonchev–Trinajstić information content (AvgIpc) is 2.58. The number of nitrogens with zero attached hydrogens (tertiary/aromatic N) is 1. The first-order valence-corrected chi connectivity index (χ1v) is 5.42. The molecule has 1 amide bonds. The monoisotopic (exact) mass is 231 g/mol. The molecule has 1 atom stereocenters. The number of benzene rings is 1.